The second-order valence-electron chi connectivity index (χ2n) is 7.23. The highest BCUT2D eigenvalue weighted by Crippen LogP contribution is 2.33. The number of hydrogen-bond acceptors (Lipinski definition) is 5. The molecule has 1 aromatic heterocycles. The van der Waals surface area contributed by atoms with Crippen LogP contribution in [0, 0.1) is 0 Å². The fourth-order valence-corrected chi connectivity index (χ4v) is 4.08. The Hall–Kier alpha value is -2.57. The van der Waals surface area contributed by atoms with E-state index in [0.29, 0.717) is 0 Å². The van der Waals surface area contributed by atoms with Crippen LogP contribution in [0.2, 0.25) is 0 Å². The minimum Gasteiger partial charge on any atom is -0.493 e. The third-order valence-corrected chi connectivity index (χ3v) is 5.96. The van der Waals surface area contributed by atoms with Gasteiger partial charge in [0.2, 0.25) is 0 Å². The zero-order valence-electron chi connectivity index (χ0n) is 17.9. The van der Waals surface area contributed by atoms with Gasteiger partial charge in [0.1, 0.15) is 23.8 Å². The first-order chi connectivity index (χ1) is 14.0. The lowest BCUT2D eigenvalue weighted by atomic mass is 10.2. The van der Waals surface area contributed by atoms with Gasteiger partial charge in [-0.2, -0.15) is 0 Å². The zero-order valence-corrected chi connectivity index (χ0v) is 18.7. The molecule has 0 bridgehead atoms. The Morgan fingerprint density at radius 3 is 2.31 bits per heavy atom. The molecule has 29 heavy (non-hydrogen) atoms. The summed E-state index contributed by atoms with van der Waals surface area (Å²) in [5, 5.41) is 3.17. The molecule has 2 aromatic carbocycles. The zero-order chi connectivity index (χ0) is 20.8. The Balaban J connectivity index is 1.69. The average molecular weight is 413 g/mol. The van der Waals surface area contributed by atoms with E-state index in [-0.39, 0.29) is 0 Å². The van der Waals surface area contributed by atoms with Crippen molar-refractivity contribution in [3.8, 4) is 22.1 Å². The van der Waals surface area contributed by atoms with Crippen molar-refractivity contribution in [2.24, 2.45) is 0 Å². The van der Waals surface area contributed by atoms with Crippen molar-refractivity contribution in [1.29, 1.82) is 0 Å². The van der Waals surface area contributed by atoms with Crippen LogP contribution in [0.3, 0.4) is 0 Å². The molecule has 3 rings (SSSR count). The molecular weight excluding hydrogens is 382 g/mol. The fourth-order valence-electron chi connectivity index (χ4n) is 3.26. The van der Waals surface area contributed by atoms with E-state index in [2.05, 4.69) is 55.6 Å². The molecule has 1 heterocycles. The number of rotatable bonds is 9. The van der Waals surface area contributed by atoms with Gasteiger partial charge in [0.25, 0.3) is 0 Å². The molecule has 5 nitrogen and oxygen atoms in total. The Morgan fingerprint density at radius 1 is 0.966 bits per heavy atom. The summed E-state index contributed by atoms with van der Waals surface area (Å²) in [6.07, 6.45) is 0. The second-order valence-corrected chi connectivity index (χ2v) is 8.09. The van der Waals surface area contributed by atoms with Crippen molar-refractivity contribution in [3.05, 3.63) is 59.1 Å². The highest BCUT2D eigenvalue weighted by Gasteiger charge is 2.14. The Bertz CT molecular complexity index is 922. The maximum absolute atomic E-state index is 5.42. The third-order valence-electron chi connectivity index (χ3n) is 5.02. The van der Waals surface area contributed by atoms with Crippen molar-refractivity contribution < 1.29 is 14.4 Å². The molecule has 0 amide bonds. The van der Waals surface area contributed by atoms with E-state index in [9.17, 15) is 0 Å². The lowest BCUT2D eigenvalue weighted by Crippen LogP contribution is -3.09. The summed E-state index contributed by atoms with van der Waals surface area (Å²) in [7, 11) is 7.44. The van der Waals surface area contributed by atoms with Crippen LogP contribution in [0.15, 0.2) is 47.8 Å². The van der Waals surface area contributed by atoms with Gasteiger partial charge in [0, 0.05) is 36.3 Å². The van der Waals surface area contributed by atoms with Gasteiger partial charge >= 0.3 is 0 Å². The summed E-state index contributed by atoms with van der Waals surface area (Å²) in [6, 6.07) is 14.7. The highest BCUT2D eigenvalue weighted by atomic mass is 32.1. The summed E-state index contributed by atoms with van der Waals surface area (Å²) < 4.78 is 10.7. The molecule has 154 valence electrons. The van der Waals surface area contributed by atoms with Gasteiger partial charge in [0.15, 0.2) is 11.5 Å². The normalized spacial score (nSPS) is 11.9. The number of ether oxygens (including phenoxy) is 2. The molecule has 0 aliphatic rings. The molecule has 0 aliphatic carbocycles. The first-order valence-corrected chi connectivity index (χ1v) is 10.7. The van der Waals surface area contributed by atoms with E-state index in [1.165, 1.54) is 16.2 Å². The molecule has 1 unspecified atom stereocenters. The average Bonchev–Trinajstić information content (AvgIpc) is 3.21. The number of hydrogen-bond donors (Lipinski definition) is 1. The summed E-state index contributed by atoms with van der Waals surface area (Å²) in [6.45, 7) is 5.19. The summed E-state index contributed by atoms with van der Waals surface area (Å²) in [5.41, 5.74) is 4.76. The van der Waals surface area contributed by atoms with E-state index in [0.717, 1.165) is 47.4 Å². The third kappa shape index (κ3) is 5.28. The molecule has 1 atom stereocenters. The summed E-state index contributed by atoms with van der Waals surface area (Å²) >= 11 is 1.67. The van der Waals surface area contributed by atoms with Crippen molar-refractivity contribution in [2.45, 2.75) is 20.0 Å². The molecule has 0 aliphatic heterocycles. The number of quaternary nitrogens is 1. The molecular formula is C23H30N3O2S+. The minimum atomic E-state index is 0.726. The van der Waals surface area contributed by atoms with Crippen LogP contribution in [0.5, 0.6) is 11.5 Å². The molecule has 6 heteroatoms. The van der Waals surface area contributed by atoms with Gasteiger partial charge in [0.05, 0.1) is 20.8 Å². The standard InChI is InChI=1S/C23H29N3O2S/c1-6-26(14-17-7-10-20(11-8-17)25(2)3)15-19-16-29-23(24-19)18-9-12-21(27-4)22(13-18)28-5/h7-13,16H,6,14-15H2,1-5H3/p+1. The fraction of sp³-hybridized carbons (Fsp3) is 0.348. The van der Waals surface area contributed by atoms with Crippen LogP contribution in [0.25, 0.3) is 10.6 Å². The van der Waals surface area contributed by atoms with Crippen molar-refractivity contribution in [2.75, 3.05) is 39.8 Å². The van der Waals surface area contributed by atoms with Crippen molar-refractivity contribution in [1.82, 2.24) is 4.98 Å². The predicted molar refractivity (Wildman–Crippen MR) is 120 cm³/mol. The van der Waals surface area contributed by atoms with Crippen LogP contribution in [-0.4, -0.2) is 39.8 Å². The van der Waals surface area contributed by atoms with Gasteiger partial charge in [-0.25, -0.2) is 4.98 Å². The number of nitrogens with one attached hydrogen (secondary N) is 1. The summed E-state index contributed by atoms with van der Waals surface area (Å²) in [4.78, 5) is 8.49. The smallest absolute Gasteiger partial charge is 0.161 e. The van der Waals surface area contributed by atoms with E-state index < -0.39 is 0 Å². The first kappa shape index (κ1) is 21.1. The van der Waals surface area contributed by atoms with Crippen LogP contribution in [0.4, 0.5) is 5.69 Å². The van der Waals surface area contributed by atoms with E-state index >= 15 is 0 Å². The van der Waals surface area contributed by atoms with Gasteiger partial charge in [-0.1, -0.05) is 12.1 Å². The Labute approximate surface area is 177 Å². The number of methoxy groups -OCH3 is 2. The van der Waals surface area contributed by atoms with Crippen molar-refractivity contribution in [3.63, 3.8) is 0 Å². The van der Waals surface area contributed by atoms with Crippen molar-refractivity contribution >= 4 is 17.0 Å². The lowest BCUT2D eigenvalue weighted by Gasteiger charge is -2.18. The molecule has 0 saturated heterocycles. The number of benzene rings is 2. The highest BCUT2D eigenvalue weighted by molar-refractivity contribution is 7.13. The largest absolute Gasteiger partial charge is 0.493 e. The van der Waals surface area contributed by atoms with Crippen LogP contribution in [-0.2, 0) is 13.1 Å². The molecule has 3 aromatic rings. The number of anilines is 1. The van der Waals surface area contributed by atoms with Crippen LogP contribution >= 0.6 is 11.3 Å². The van der Waals surface area contributed by atoms with E-state index in [4.69, 9.17) is 14.5 Å². The Morgan fingerprint density at radius 2 is 1.69 bits per heavy atom. The van der Waals surface area contributed by atoms with Gasteiger partial charge in [-0.3, -0.25) is 0 Å². The Kier molecular flexibility index (Phi) is 7.12. The molecule has 0 saturated carbocycles. The molecule has 0 fully saturated rings. The summed E-state index contributed by atoms with van der Waals surface area (Å²) in [5.74, 6) is 1.46. The molecule has 0 spiro atoms. The maximum atomic E-state index is 5.42. The van der Waals surface area contributed by atoms with Crippen LogP contribution in [0.1, 0.15) is 18.2 Å². The first-order valence-electron chi connectivity index (χ1n) is 9.80. The maximum Gasteiger partial charge on any atom is 0.161 e. The topological polar surface area (TPSA) is 39.0 Å². The van der Waals surface area contributed by atoms with Gasteiger partial charge < -0.3 is 19.3 Å². The monoisotopic (exact) mass is 412 g/mol. The minimum absolute atomic E-state index is 0.726. The van der Waals surface area contributed by atoms with E-state index in [1.54, 1.807) is 25.6 Å². The SMILES string of the molecule is CC[NH+](Cc1ccc(N(C)C)cc1)Cc1csc(-c2ccc(OC)c(OC)c2)n1. The second kappa shape index (κ2) is 9.76. The quantitative estimate of drug-likeness (QED) is 0.584. The number of aromatic nitrogens is 1. The molecule has 1 N–H and O–H groups in total. The predicted octanol–water partition coefficient (Wildman–Crippen LogP) is 3.50. The molecule has 0 radical (unpaired) electrons. The lowest BCUT2D eigenvalue weighted by molar-refractivity contribution is -0.926. The van der Waals surface area contributed by atoms with E-state index in [1.807, 2.05) is 18.2 Å². The number of thiazole rings is 1. The van der Waals surface area contributed by atoms with Gasteiger partial charge in [-0.15, -0.1) is 11.3 Å². The van der Waals surface area contributed by atoms with Crippen LogP contribution < -0.4 is 19.3 Å². The van der Waals surface area contributed by atoms with Gasteiger partial charge in [-0.05, 0) is 37.3 Å². The number of nitrogens with zero attached hydrogens (tertiary/aromatic N) is 2.